The minimum Gasteiger partial charge on any atom is -0.382 e. The molecule has 0 saturated carbocycles. The fourth-order valence-corrected chi connectivity index (χ4v) is 4.70. The first-order valence-corrected chi connectivity index (χ1v) is 8.88. The summed E-state index contributed by atoms with van der Waals surface area (Å²) in [5.74, 6) is 0.386. The number of nitrogens with two attached hydrogens (primary N) is 1. The first-order valence-electron chi connectivity index (χ1n) is 6.87. The Hall–Kier alpha value is -1.90. The van der Waals surface area contributed by atoms with Gasteiger partial charge >= 0.3 is 0 Å². The number of aryl methyl sites for hydroxylation is 1. The van der Waals surface area contributed by atoms with E-state index in [-0.39, 0.29) is 0 Å². The number of thiazole rings is 1. The van der Waals surface area contributed by atoms with Gasteiger partial charge in [-0.3, -0.25) is 0 Å². The lowest BCUT2D eigenvalue weighted by atomic mass is 10.3. The zero-order valence-corrected chi connectivity index (χ0v) is 14.4. The van der Waals surface area contributed by atoms with Crippen LogP contribution in [0.4, 0.5) is 5.82 Å². The monoisotopic (exact) mass is 362 g/mol. The number of imidazole rings is 1. The molecule has 6 nitrogen and oxygen atoms in total. The summed E-state index contributed by atoms with van der Waals surface area (Å²) in [6, 6.07) is 5.72. The Labute approximate surface area is 144 Å². The van der Waals surface area contributed by atoms with Gasteiger partial charge in [-0.25, -0.2) is 19.9 Å². The van der Waals surface area contributed by atoms with Crippen LogP contribution in [0.3, 0.4) is 0 Å². The van der Waals surface area contributed by atoms with Gasteiger partial charge in [-0.1, -0.05) is 17.7 Å². The van der Waals surface area contributed by atoms with Crippen LogP contribution in [0, 0.1) is 0 Å². The van der Waals surface area contributed by atoms with E-state index in [2.05, 4.69) is 19.9 Å². The van der Waals surface area contributed by atoms with Crippen molar-refractivity contribution in [2.75, 3.05) is 5.73 Å². The second-order valence-electron chi connectivity index (χ2n) is 4.74. The third-order valence-corrected chi connectivity index (χ3v) is 5.95. The summed E-state index contributed by atoms with van der Waals surface area (Å²) in [6.45, 7) is 2.78. The van der Waals surface area contributed by atoms with Crippen molar-refractivity contribution in [2.24, 2.45) is 0 Å². The topological polar surface area (TPSA) is 82.5 Å². The molecule has 3 heterocycles. The van der Waals surface area contributed by atoms with Gasteiger partial charge in [0.15, 0.2) is 26.5 Å². The normalized spacial score (nSPS) is 11.6. The highest BCUT2D eigenvalue weighted by atomic mass is 35.5. The molecule has 0 fully saturated rings. The van der Waals surface area contributed by atoms with E-state index in [1.165, 1.54) is 18.1 Å². The van der Waals surface area contributed by atoms with Crippen LogP contribution in [-0.4, -0.2) is 24.5 Å². The number of hydrogen-bond acceptors (Lipinski definition) is 7. The predicted molar refractivity (Wildman–Crippen MR) is 94.2 cm³/mol. The average molecular weight is 363 g/mol. The summed E-state index contributed by atoms with van der Waals surface area (Å²) >= 11 is 9.26. The summed E-state index contributed by atoms with van der Waals surface area (Å²) in [6.07, 6.45) is 1.46. The summed E-state index contributed by atoms with van der Waals surface area (Å²) in [5.41, 5.74) is 8.15. The maximum atomic E-state index is 6.22. The van der Waals surface area contributed by atoms with E-state index in [9.17, 15) is 0 Å². The fourth-order valence-electron chi connectivity index (χ4n) is 2.31. The number of benzene rings is 1. The Bertz CT molecular complexity index is 1020. The van der Waals surface area contributed by atoms with Gasteiger partial charge < -0.3 is 10.3 Å². The number of nitrogen functional groups attached to an aromatic ring is 1. The molecule has 0 unspecified atom stereocenters. The molecule has 4 rings (SSSR count). The Morgan fingerprint density at radius 3 is 2.96 bits per heavy atom. The molecule has 0 spiro atoms. The number of fused-ring (bicyclic) bond motifs is 2. The zero-order chi connectivity index (χ0) is 16.0. The number of anilines is 1. The number of aromatic nitrogens is 5. The molecule has 0 atom stereocenters. The maximum absolute atomic E-state index is 6.22. The predicted octanol–water partition coefficient (Wildman–Crippen LogP) is 3.84. The molecule has 0 aliphatic carbocycles. The van der Waals surface area contributed by atoms with E-state index in [1.807, 2.05) is 29.7 Å². The van der Waals surface area contributed by atoms with Crippen molar-refractivity contribution >= 4 is 61.9 Å². The van der Waals surface area contributed by atoms with Gasteiger partial charge in [0.25, 0.3) is 0 Å². The zero-order valence-electron chi connectivity index (χ0n) is 12.0. The molecule has 116 valence electrons. The molecule has 0 amide bonds. The van der Waals surface area contributed by atoms with Crippen LogP contribution >= 0.6 is 34.7 Å². The Morgan fingerprint density at radius 1 is 1.30 bits per heavy atom. The van der Waals surface area contributed by atoms with Crippen LogP contribution in [0.1, 0.15) is 6.92 Å². The summed E-state index contributed by atoms with van der Waals surface area (Å²) in [4.78, 5) is 17.5. The first kappa shape index (κ1) is 14.7. The fraction of sp³-hybridized carbons (Fsp3) is 0.143. The molecule has 0 aliphatic rings. The quantitative estimate of drug-likeness (QED) is 0.596. The number of rotatable bonds is 3. The van der Waals surface area contributed by atoms with Crippen molar-refractivity contribution in [3.63, 3.8) is 0 Å². The van der Waals surface area contributed by atoms with Crippen LogP contribution in [-0.2, 0) is 6.54 Å². The first-order chi connectivity index (χ1) is 11.2. The average Bonchev–Trinajstić information content (AvgIpc) is 3.10. The third-order valence-electron chi connectivity index (χ3n) is 3.37. The summed E-state index contributed by atoms with van der Waals surface area (Å²) in [5, 5.41) is 1.51. The molecular formula is C14H11ClN6S2. The largest absolute Gasteiger partial charge is 0.382 e. The highest BCUT2D eigenvalue weighted by molar-refractivity contribution is 8.01. The van der Waals surface area contributed by atoms with Gasteiger partial charge in [-0.2, -0.15) is 0 Å². The van der Waals surface area contributed by atoms with E-state index < -0.39 is 0 Å². The van der Waals surface area contributed by atoms with Gasteiger partial charge in [0.1, 0.15) is 6.33 Å². The molecule has 4 aromatic rings. The van der Waals surface area contributed by atoms with Crippen LogP contribution in [0.2, 0.25) is 5.02 Å². The number of nitrogens with zero attached hydrogens (tertiary/aromatic N) is 5. The molecule has 0 saturated heterocycles. The van der Waals surface area contributed by atoms with E-state index in [1.54, 1.807) is 11.3 Å². The van der Waals surface area contributed by atoms with Crippen molar-refractivity contribution in [3.05, 3.63) is 29.5 Å². The van der Waals surface area contributed by atoms with Gasteiger partial charge in [-0.05, 0) is 30.8 Å². The minimum atomic E-state index is 0.386. The third kappa shape index (κ3) is 2.43. The van der Waals surface area contributed by atoms with Crippen LogP contribution in [0.5, 0.6) is 0 Å². The smallest absolute Gasteiger partial charge is 0.177 e. The van der Waals surface area contributed by atoms with Gasteiger partial charge in [0.2, 0.25) is 0 Å². The van der Waals surface area contributed by atoms with E-state index >= 15 is 0 Å². The standard InChI is InChI=1S/C14H11ClN6S2/c1-2-21-12-9(11(16)17-6-18-12)20-13(21)23-14-19-8-5-3-4-7(15)10(8)22-14/h3-6H,2H2,1H3,(H2,16,17,18). The van der Waals surface area contributed by atoms with Crippen molar-refractivity contribution in [1.82, 2.24) is 24.5 Å². The molecule has 0 radical (unpaired) electrons. The molecule has 2 N–H and O–H groups in total. The number of halogens is 1. The van der Waals surface area contributed by atoms with Crippen molar-refractivity contribution in [1.29, 1.82) is 0 Å². The lowest BCUT2D eigenvalue weighted by Crippen LogP contribution is -1.98. The van der Waals surface area contributed by atoms with Crippen molar-refractivity contribution < 1.29 is 0 Å². The lowest BCUT2D eigenvalue weighted by Gasteiger charge is -2.02. The molecule has 3 aromatic heterocycles. The van der Waals surface area contributed by atoms with Crippen LogP contribution < -0.4 is 5.73 Å². The molecule has 23 heavy (non-hydrogen) atoms. The second kappa shape index (κ2) is 5.63. The summed E-state index contributed by atoms with van der Waals surface area (Å²) in [7, 11) is 0. The number of hydrogen-bond donors (Lipinski definition) is 1. The van der Waals surface area contributed by atoms with E-state index in [0.29, 0.717) is 16.4 Å². The molecule has 9 heteroatoms. The highest BCUT2D eigenvalue weighted by Crippen LogP contribution is 2.37. The molecular weight excluding hydrogens is 352 g/mol. The van der Waals surface area contributed by atoms with Crippen LogP contribution in [0.25, 0.3) is 21.4 Å². The van der Waals surface area contributed by atoms with Crippen LogP contribution in [0.15, 0.2) is 34.0 Å². The Kier molecular flexibility index (Phi) is 3.59. The van der Waals surface area contributed by atoms with E-state index in [4.69, 9.17) is 17.3 Å². The van der Waals surface area contributed by atoms with Gasteiger partial charge in [0, 0.05) is 6.54 Å². The minimum absolute atomic E-state index is 0.386. The van der Waals surface area contributed by atoms with E-state index in [0.717, 1.165) is 31.9 Å². The Balaban J connectivity index is 1.82. The van der Waals surface area contributed by atoms with Crippen molar-refractivity contribution in [3.8, 4) is 0 Å². The lowest BCUT2D eigenvalue weighted by molar-refractivity contribution is 0.696. The second-order valence-corrected chi connectivity index (χ2v) is 7.36. The van der Waals surface area contributed by atoms with Gasteiger partial charge in [0.05, 0.1) is 15.2 Å². The summed E-state index contributed by atoms with van der Waals surface area (Å²) < 4.78 is 3.87. The molecule has 0 bridgehead atoms. The maximum Gasteiger partial charge on any atom is 0.177 e. The molecule has 0 aliphatic heterocycles. The molecule has 1 aromatic carbocycles. The van der Waals surface area contributed by atoms with Crippen molar-refractivity contribution in [2.45, 2.75) is 23.0 Å². The Morgan fingerprint density at radius 2 is 2.17 bits per heavy atom. The van der Waals surface area contributed by atoms with Gasteiger partial charge in [-0.15, -0.1) is 11.3 Å². The highest BCUT2D eigenvalue weighted by Gasteiger charge is 2.17. The SMILES string of the molecule is CCn1c(Sc2nc3cccc(Cl)c3s2)nc2c(N)ncnc21.